The molecule has 0 radical (unpaired) electrons. The predicted molar refractivity (Wildman–Crippen MR) is 66.9 cm³/mol. The molecule has 0 aromatic carbocycles. The van der Waals surface area contributed by atoms with E-state index in [9.17, 15) is 9.59 Å². The minimum Gasteiger partial charge on any atom is -0.480 e. The lowest BCUT2D eigenvalue weighted by Crippen LogP contribution is -2.49. The molecule has 0 heterocycles. The van der Waals surface area contributed by atoms with E-state index in [0.29, 0.717) is 13.0 Å². The normalized spacial score (nSPS) is 13.8. The topological polar surface area (TPSA) is 78.4 Å². The zero-order chi connectivity index (χ0) is 13.3. The maximum atomic E-state index is 11.5. The van der Waals surface area contributed by atoms with Crippen LogP contribution in [-0.4, -0.2) is 29.7 Å². The molecule has 0 saturated carbocycles. The number of hydrogen-bond acceptors (Lipinski definition) is 2. The summed E-state index contributed by atoms with van der Waals surface area (Å²) in [6, 6.07) is -1.21. The lowest BCUT2D eigenvalue weighted by atomic mass is 9.99. The lowest BCUT2D eigenvalue weighted by Gasteiger charge is -2.20. The highest BCUT2D eigenvalue weighted by Crippen LogP contribution is 2.07. The Morgan fingerprint density at radius 1 is 1.24 bits per heavy atom. The quantitative estimate of drug-likeness (QED) is 0.571. The van der Waals surface area contributed by atoms with Crippen LogP contribution < -0.4 is 10.6 Å². The number of unbranched alkanes of at least 4 members (excludes halogenated alkanes) is 2. The maximum Gasteiger partial charge on any atom is 0.326 e. The van der Waals surface area contributed by atoms with E-state index in [0.717, 1.165) is 19.3 Å². The fourth-order valence-electron chi connectivity index (χ4n) is 1.45. The first-order valence-electron chi connectivity index (χ1n) is 6.30. The van der Waals surface area contributed by atoms with Gasteiger partial charge in [-0.15, -0.1) is 0 Å². The molecule has 0 aliphatic carbocycles. The first-order chi connectivity index (χ1) is 8.02. The third-order valence-electron chi connectivity index (χ3n) is 2.83. The minimum atomic E-state index is -0.983. The van der Waals surface area contributed by atoms with Gasteiger partial charge in [-0.05, 0) is 12.3 Å². The zero-order valence-corrected chi connectivity index (χ0v) is 11.0. The van der Waals surface area contributed by atoms with Crippen molar-refractivity contribution in [2.45, 2.75) is 52.5 Å². The Bertz CT molecular complexity index is 244. The molecule has 2 atom stereocenters. The van der Waals surface area contributed by atoms with Crippen LogP contribution in [0.25, 0.3) is 0 Å². The molecule has 17 heavy (non-hydrogen) atoms. The number of carboxylic acid groups (broad SMARTS) is 1. The van der Waals surface area contributed by atoms with E-state index in [1.165, 1.54) is 0 Å². The van der Waals surface area contributed by atoms with Gasteiger partial charge in [-0.25, -0.2) is 9.59 Å². The number of nitrogens with one attached hydrogen (secondary N) is 2. The van der Waals surface area contributed by atoms with Crippen molar-refractivity contribution in [3.05, 3.63) is 0 Å². The molecule has 0 saturated heterocycles. The lowest BCUT2D eigenvalue weighted by molar-refractivity contribution is -0.140. The van der Waals surface area contributed by atoms with Crippen LogP contribution in [0, 0.1) is 5.92 Å². The van der Waals surface area contributed by atoms with Crippen molar-refractivity contribution in [2.75, 3.05) is 6.54 Å². The van der Waals surface area contributed by atoms with E-state index < -0.39 is 18.0 Å². The second-order valence-corrected chi connectivity index (χ2v) is 4.31. The molecule has 0 spiro atoms. The molecular formula is C12H24N2O3. The van der Waals surface area contributed by atoms with Gasteiger partial charge < -0.3 is 15.7 Å². The summed E-state index contributed by atoms with van der Waals surface area (Å²) in [4.78, 5) is 22.4. The summed E-state index contributed by atoms with van der Waals surface area (Å²) in [7, 11) is 0. The van der Waals surface area contributed by atoms with Crippen LogP contribution in [0.1, 0.15) is 46.5 Å². The Kier molecular flexibility index (Phi) is 8.19. The molecule has 0 aromatic rings. The standard InChI is InChI=1S/C12H24N2O3/c1-4-6-7-8-13-12(17)14-10(11(15)16)9(3)5-2/h9-10H,4-8H2,1-3H3,(H,15,16)(H2,13,14,17). The van der Waals surface area contributed by atoms with Gasteiger partial charge in [-0.1, -0.05) is 40.0 Å². The third-order valence-corrected chi connectivity index (χ3v) is 2.83. The molecule has 5 nitrogen and oxygen atoms in total. The number of aliphatic carboxylic acids is 1. The first-order valence-corrected chi connectivity index (χ1v) is 6.30. The SMILES string of the molecule is CCCCCNC(=O)NC(C(=O)O)C(C)CC. The van der Waals surface area contributed by atoms with Gasteiger partial charge in [0.1, 0.15) is 6.04 Å². The van der Waals surface area contributed by atoms with Crippen LogP contribution in [-0.2, 0) is 4.79 Å². The van der Waals surface area contributed by atoms with Crippen LogP contribution in [0.3, 0.4) is 0 Å². The van der Waals surface area contributed by atoms with Crippen LogP contribution in [0.15, 0.2) is 0 Å². The minimum absolute atomic E-state index is 0.0751. The molecular weight excluding hydrogens is 220 g/mol. The van der Waals surface area contributed by atoms with E-state index >= 15 is 0 Å². The molecule has 0 aromatic heterocycles. The Morgan fingerprint density at radius 3 is 2.35 bits per heavy atom. The highest BCUT2D eigenvalue weighted by Gasteiger charge is 2.24. The van der Waals surface area contributed by atoms with Gasteiger partial charge in [0.05, 0.1) is 0 Å². The summed E-state index contributed by atoms with van der Waals surface area (Å²) in [5.74, 6) is -1.06. The summed E-state index contributed by atoms with van der Waals surface area (Å²) < 4.78 is 0. The summed E-state index contributed by atoms with van der Waals surface area (Å²) >= 11 is 0. The van der Waals surface area contributed by atoms with Crippen molar-refractivity contribution in [2.24, 2.45) is 5.92 Å². The number of urea groups is 1. The van der Waals surface area contributed by atoms with Crippen LogP contribution in [0.5, 0.6) is 0 Å². The number of carbonyl (C=O) groups is 2. The number of rotatable bonds is 8. The van der Waals surface area contributed by atoms with Gasteiger partial charge >= 0.3 is 12.0 Å². The molecule has 0 aliphatic rings. The molecule has 2 amide bonds. The average Bonchev–Trinajstić information content (AvgIpc) is 2.30. The van der Waals surface area contributed by atoms with Gasteiger partial charge in [0.2, 0.25) is 0 Å². The second kappa shape index (κ2) is 8.84. The number of hydrogen-bond donors (Lipinski definition) is 3. The van der Waals surface area contributed by atoms with Crippen molar-refractivity contribution in [3.63, 3.8) is 0 Å². The van der Waals surface area contributed by atoms with E-state index in [2.05, 4.69) is 17.6 Å². The number of carbonyl (C=O) groups excluding carboxylic acids is 1. The van der Waals surface area contributed by atoms with Crippen molar-refractivity contribution < 1.29 is 14.7 Å². The summed E-state index contributed by atoms with van der Waals surface area (Å²) in [5, 5.41) is 14.2. The molecule has 0 bridgehead atoms. The van der Waals surface area contributed by atoms with E-state index in [-0.39, 0.29) is 5.92 Å². The smallest absolute Gasteiger partial charge is 0.326 e. The summed E-state index contributed by atoms with van der Waals surface area (Å²) in [5.41, 5.74) is 0. The number of amides is 2. The Balaban J connectivity index is 4.00. The Labute approximate surface area is 103 Å². The van der Waals surface area contributed by atoms with E-state index in [1.807, 2.05) is 13.8 Å². The molecule has 0 aliphatic heterocycles. The largest absolute Gasteiger partial charge is 0.480 e. The van der Waals surface area contributed by atoms with Gasteiger partial charge in [-0.3, -0.25) is 0 Å². The average molecular weight is 244 g/mol. The van der Waals surface area contributed by atoms with Gasteiger partial charge in [0.25, 0.3) is 0 Å². The van der Waals surface area contributed by atoms with Crippen molar-refractivity contribution >= 4 is 12.0 Å². The van der Waals surface area contributed by atoms with E-state index in [4.69, 9.17) is 5.11 Å². The van der Waals surface area contributed by atoms with Crippen molar-refractivity contribution in [1.82, 2.24) is 10.6 Å². The van der Waals surface area contributed by atoms with Crippen LogP contribution in [0.4, 0.5) is 4.79 Å². The second-order valence-electron chi connectivity index (χ2n) is 4.31. The van der Waals surface area contributed by atoms with Crippen molar-refractivity contribution in [1.29, 1.82) is 0 Å². The highest BCUT2D eigenvalue weighted by atomic mass is 16.4. The third kappa shape index (κ3) is 6.81. The first kappa shape index (κ1) is 15.7. The summed E-state index contributed by atoms with van der Waals surface area (Å²) in [6.45, 7) is 6.40. The van der Waals surface area contributed by atoms with E-state index in [1.54, 1.807) is 0 Å². The maximum absolute atomic E-state index is 11.5. The van der Waals surface area contributed by atoms with Crippen molar-refractivity contribution in [3.8, 4) is 0 Å². The Hall–Kier alpha value is -1.26. The summed E-state index contributed by atoms with van der Waals surface area (Å²) in [6.07, 6.45) is 3.79. The molecule has 100 valence electrons. The van der Waals surface area contributed by atoms with Gasteiger partial charge in [0.15, 0.2) is 0 Å². The fraction of sp³-hybridized carbons (Fsp3) is 0.833. The van der Waals surface area contributed by atoms with Crippen LogP contribution >= 0.6 is 0 Å². The zero-order valence-electron chi connectivity index (χ0n) is 11.0. The van der Waals surface area contributed by atoms with Gasteiger partial charge in [0, 0.05) is 6.54 Å². The molecule has 0 fully saturated rings. The fourth-order valence-corrected chi connectivity index (χ4v) is 1.45. The van der Waals surface area contributed by atoms with Gasteiger partial charge in [-0.2, -0.15) is 0 Å². The molecule has 3 N–H and O–H groups in total. The monoisotopic (exact) mass is 244 g/mol. The van der Waals surface area contributed by atoms with Crippen LogP contribution in [0.2, 0.25) is 0 Å². The Morgan fingerprint density at radius 2 is 1.88 bits per heavy atom. The molecule has 2 unspecified atom stereocenters. The predicted octanol–water partition coefficient (Wildman–Crippen LogP) is 1.98. The number of carboxylic acids is 1. The highest BCUT2D eigenvalue weighted by molar-refractivity contribution is 5.82. The molecule has 5 heteroatoms. The molecule has 0 rings (SSSR count).